The number of rotatable bonds is 2. The molecule has 6 nitrogen and oxygen atoms in total. The van der Waals surface area contributed by atoms with E-state index in [1.165, 1.54) is 0 Å². The highest BCUT2D eigenvalue weighted by Crippen LogP contribution is 2.62. The number of nitriles is 5. The fraction of sp³-hybridized carbons (Fsp3) is 0.174. The summed E-state index contributed by atoms with van der Waals surface area (Å²) in [4.78, 5) is 0. The molecule has 0 radical (unpaired) electrons. The van der Waals surface area contributed by atoms with Crippen LogP contribution < -0.4 is 5.73 Å². The Kier molecular flexibility index (Phi) is 4.77. The average Bonchev–Trinajstić information content (AvgIpc) is 2.79. The highest BCUT2D eigenvalue weighted by atomic mass is 14.7. The SMILES string of the molecule is N#CC1=C(N)C(C#N)(C#N)[C@@H](c2ccccc2)C(C#N)(C#N)[C@H]1c1ccccc1. The van der Waals surface area contributed by atoms with Gasteiger partial charge in [-0.1, -0.05) is 60.7 Å². The van der Waals surface area contributed by atoms with Crippen LogP contribution in [0.5, 0.6) is 0 Å². The molecule has 0 aromatic heterocycles. The zero-order valence-corrected chi connectivity index (χ0v) is 15.2. The highest BCUT2D eigenvalue weighted by molar-refractivity contribution is 5.59. The molecule has 0 amide bonds. The summed E-state index contributed by atoms with van der Waals surface area (Å²) in [6.07, 6.45) is 0. The van der Waals surface area contributed by atoms with E-state index in [0.29, 0.717) is 11.1 Å². The summed E-state index contributed by atoms with van der Waals surface area (Å²) in [7, 11) is 0. The van der Waals surface area contributed by atoms with E-state index in [4.69, 9.17) is 5.73 Å². The van der Waals surface area contributed by atoms with Crippen molar-refractivity contribution in [1.29, 1.82) is 26.3 Å². The predicted molar refractivity (Wildman–Crippen MR) is 103 cm³/mol. The van der Waals surface area contributed by atoms with E-state index in [0.717, 1.165) is 0 Å². The third-order valence-corrected chi connectivity index (χ3v) is 5.46. The largest absolute Gasteiger partial charge is 0.399 e. The molecule has 0 unspecified atom stereocenters. The van der Waals surface area contributed by atoms with Crippen molar-refractivity contribution in [2.24, 2.45) is 16.6 Å². The number of nitrogens with two attached hydrogens (primary N) is 1. The lowest BCUT2D eigenvalue weighted by atomic mass is 9.49. The lowest BCUT2D eigenvalue weighted by Gasteiger charge is -2.46. The van der Waals surface area contributed by atoms with Gasteiger partial charge >= 0.3 is 0 Å². The topological polar surface area (TPSA) is 145 Å². The van der Waals surface area contributed by atoms with E-state index in [9.17, 15) is 26.3 Å². The Morgan fingerprint density at radius 3 is 1.59 bits per heavy atom. The van der Waals surface area contributed by atoms with Crippen molar-refractivity contribution < 1.29 is 0 Å². The molecule has 0 bridgehead atoms. The first-order chi connectivity index (χ1) is 14.1. The molecule has 0 fully saturated rings. The third kappa shape index (κ3) is 2.51. The Morgan fingerprint density at radius 2 is 1.17 bits per heavy atom. The van der Waals surface area contributed by atoms with Gasteiger partial charge in [0.2, 0.25) is 0 Å². The fourth-order valence-corrected chi connectivity index (χ4v) is 4.18. The van der Waals surface area contributed by atoms with Crippen LogP contribution in [0.25, 0.3) is 0 Å². The van der Waals surface area contributed by atoms with Gasteiger partial charge in [0, 0.05) is 0 Å². The molecule has 0 saturated carbocycles. The number of hydrogen-bond acceptors (Lipinski definition) is 6. The maximum Gasteiger partial charge on any atom is 0.192 e. The minimum Gasteiger partial charge on any atom is -0.399 e. The lowest BCUT2D eigenvalue weighted by Crippen LogP contribution is -2.50. The number of benzene rings is 2. The number of hydrogen-bond donors (Lipinski definition) is 1. The monoisotopic (exact) mass is 374 g/mol. The van der Waals surface area contributed by atoms with E-state index in [1.807, 2.05) is 18.2 Å². The van der Waals surface area contributed by atoms with Gasteiger partial charge in [-0.05, 0) is 11.1 Å². The summed E-state index contributed by atoms with van der Waals surface area (Å²) in [5.41, 5.74) is 3.01. The molecule has 2 atom stereocenters. The summed E-state index contributed by atoms with van der Waals surface area (Å²) in [5, 5.41) is 50.4. The summed E-state index contributed by atoms with van der Waals surface area (Å²) in [6.45, 7) is 0. The maximum absolute atomic E-state index is 10.3. The van der Waals surface area contributed by atoms with Gasteiger partial charge in [-0.15, -0.1) is 0 Å². The first-order valence-electron chi connectivity index (χ1n) is 8.71. The zero-order chi connectivity index (χ0) is 21.1. The Hall–Kier alpha value is -4.57. The molecule has 2 aromatic carbocycles. The van der Waals surface area contributed by atoms with Gasteiger partial charge in [0.25, 0.3) is 0 Å². The van der Waals surface area contributed by atoms with Gasteiger partial charge < -0.3 is 5.73 Å². The van der Waals surface area contributed by atoms with Crippen LogP contribution in [0.3, 0.4) is 0 Å². The van der Waals surface area contributed by atoms with Crippen LogP contribution in [0, 0.1) is 67.5 Å². The predicted octanol–water partition coefficient (Wildman–Crippen LogP) is 3.37. The Bertz CT molecular complexity index is 1150. The molecule has 0 saturated heterocycles. The molecule has 136 valence electrons. The van der Waals surface area contributed by atoms with Crippen LogP contribution in [0.2, 0.25) is 0 Å². The lowest BCUT2D eigenvalue weighted by molar-refractivity contribution is 0.256. The van der Waals surface area contributed by atoms with Gasteiger partial charge in [-0.2, -0.15) is 26.3 Å². The van der Waals surface area contributed by atoms with E-state index in [1.54, 1.807) is 60.7 Å². The summed E-state index contributed by atoms with van der Waals surface area (Å²) >= 11 is 0. The quantitative estimate of drug-likeness (QED) is 0.853. The summed E-state index contributed by atoms with van der Waals surface area (Å²) in [5.74, 6) is -2.19. The molecule has 0 heterocycles. The molecular formula is C23H14N6. The number of nitrogens with zero attached hydrogens (tertiary/aromatic N) is 5. The van der Waals surface area contributed by atoms with Crippen LogP contribution in [0.1, 0.15) is 23.0 Å². The first kappa shape index (κ1) is 19.2. The van der Waals surface area contributed by atoms with Gasteiger partial charge in [-0.3, -0.25) is 0 Å². The molecule has 1 aliphatic carbocycles. The van der Waals surface area contributed by atoms with Crippen LogP contribution in [-0.4, -0.2) is 0 Å². The highest BCUT2D eigenvalue weighted by Gasteiger charge is 2.64. The molecule has 0 spiro atoms. The third-order valence-electron chi connectivity index (χ3n) is 5.46. The summed E-state index contributed by atoms with van der Waals surface area (Å²) < 4.78 is 0. The Balaban J connectivity index is 2.54. The van der Waals surface area contributed by atoms with E-state index in [2.05, 4.69) is 12.1 Å². The molecule has 6 heteroatoms. The molecule has 2 aromatic rings. The van der Waals surface area contributed by atoms with Crippen molar-refractivity contribution in [2.75, 3.05) is 0 Å². The van der Waals surface area contributed by atoms with Crippen molar-refractivity contribution >= 4 is 0 Å². The minimum atomic E-state index is -2.04. The maximum atomic E-state index is 10.3. The van der Waals surface area contributed by atoms with Crippen LogP contribution in [0.15, 0.2) is 71.9 Å². The molecule has 3 rings (SSSR count). The van der Waals surface area contributed by atoms with Gasteiger partial charge in [0.1, 0.15) is 0 Å². The van der Waals surface area contributed by atoms with Crippen molar-refractivity contribution in [3.05, 3.63) is 83.1 Å². The van der Waals surface area contributed by atoms with Crippen molar-refractivity contribution in [3.63, 3.8) is 0 Å². The van der Waals surface area contributed by atoms with E-state index >= 15 is 0 Å². The molecule has 0 aliphatic heterocycles. The second-order valence-corrected chi connectivity index (χ2v) is 6.75. The van der Waals surface area contributed by atoms with Crippen molar-refractivity contribution in [3.8, 4) is 30.3 Å². The van der Waals surface area contributed by atoms with Crippen LogP contribution >= 0.6 is 0 Å². The van der Waals surface area contributed by atoms with Crippen molar-refractivity contribution in [1.82, 2.24) is 0 Å². The zero-order valence-electron chi connectivity index (χ0n) is 15.2. The molecule has 1 aliphatic rings. The smallest absolute Gasteiger partial charge is 0.192 e. The normalized spacial score (nSPS) is 21.5. The Morgan fingerprint density at radius 1 is 0.690 bits per heavy atom. The van der Waals surface area contributed by atoms with Gasteiger partial charge in [-0.25, -0.2) is 0 Å². The van der Waals surface area contributed by atoms with Gasteiger partial charge in [0.05, 0.1) is 53.5 Å². The standard InChI is InChI=1S/C23H14N6/c24-11-18-19(16-7-3-1-4-8-16)22(12-25,13-26)20(17-9-5-2-6-10-17)23(14-27,15-28)21(18)29/h1-10,19-20H,29H2/t19-,20-/m0/s1. The minimum absolute atomic E-state index is 0.102. The average molecular weight is 374 g/mol. The Labute approximate surface area is 168 Å². The molecule has 29 heavy (non-hydrogen) atoms. The van der Waals surface area contributed by atoms with Crippen LogP contribution in [-0.2, 0) is 0 Å². The van der Waals surface area contributed by atoms with Crippen LogP contribution in [0.4, 0.5) is 0 Å². The summed E-state index contributed by atoms with van der Waals surface area (Å²) in [6, 6.07) is 27.1. The van der Waals surface area contributed by atoms with E-state index in [-0.39, 0.29) is 11.3 Å². The molecular weight excluding hydrogens is 360 g/mol. The van der Waals surface area contributed by atoms with E-state index < -0.39 is 22.7 Å². The second-order valence-electron chi connectivity index (χ2n) is 6.75. The fourth-order valence-electron chi connectivity index (χ4n) is 4.18. The second kappa shape index (κ2) is 7.21. The number of allylic oxidation sites excluding steroid dienone is 2. The van der Waals surface area contributed by atoms with Gasteiger partial charge in [0.15, 0.2) is 10.8 Å². The molecule has 2 N–H and O–H groups in total. The van der Waals surface area contributed by atoms with Crippen molar-refractivity contribution in [2.45, 2.75) is 11.8 Å². The first-order valence-corrected chi connectivity index (χ1v) is 8.71.